The summed E-state index contributed by atoms with van der Waals surface area (Å²) in [6.07, 6.45) is 7.67. The van der Waals surface area contributed by atoms with E-state index in [0.29, 0.717) is 38.8 Å². The molecule has 0 unspecified atom stereocenters. The van der Waals surface area contributed by atoms with Gasteiger partial charge in [0.05, 0.1) is 18.1 Å². The number of ether oxygens (including phenoxy) is 1. The van der Waals surface area contributed by atoms with Crippen LogP contribution in [-0.2, 0) is 9.53 Å². The number of hydrogen-bond donors (Lipinski definition) is 2. The summed E-state index contributed by atoms with van der Waals surface area (Å²) >= 11 is 0. The molecule has 3 aliphatic rings. The maximum atomic E-state index is 12.2. The fraction of sp³-hybridized carbons (Fsp3) is 0.875. The Kier molecular flexibility index (Phi) is 4.57. The lowest BCUT2D eigenvalue weighted by atomic mass is 9.81. The molecule has 2 N–H and O–H groups in total. The molecule has 6 nitrogen and oxygen atoms in total. The van der Waals surface area contributed by atoms with Crippen LogP contribution >= 0.6 is 0 Å². The summed E-state index contributed by atoms with van der Waals surface area (Å²) in [6.45, 7) is 1.96. The topological polar surface area (TPSA) is 78.9 Å². The normalized spacial score (nSPS) is 31.5. The smallest absolute Gasteiger partial charge is 0.317 e. The van der Waals surface area contributed by atoms with E-state index in [2.05, 4.69) is 5.32 Å². The molecule has 1 saturated heterocycles. The van der Waals surface area contributed by atoms with Crippen LogP contribution in [0.3, 0.4) is 0 Å². The molecule has 1 heterocycles. The molecule has 6 heteroatoms. The Morgan fingerprint density at radius 3 is 2.68 bits per heavy atom. The molecule has 0 aromatic rings. The number of hydrogen-bond acceptors (Lipinski definition) is 3. The molecular weight excluding hydrogens is 284 g/mol. The van der Waals surface area contributed by atoms with Crippen LogP contribution in [0.4, 0.5) is 4.79 Å². The van der Waals surface area contributed by atoms with Gasteiger partial charge in [0, 0.05) is 19.6 Å². The number of carboxylic acid groups (broad SMARTS) is 1. The van der Waals surface area contributed by atoms with Crippen LogP contribution in [0.25, 0.3) is 0 Å². The number of carbonyl (C=O) groups is 2. The number of fused-ring (bicyclic) bond motifs is 1. The first-order chi connectivity index (χ1) is 10.6. The number of aliphatic carboxylic acids is 1. The van der Waals surface area contributed by atoms with Crippen molar-refractivity contribution in [1.82, 2.24) is 10.2 Å². The fourth-order valence-electron chi connectivity index (χ4n) is 4.34. The van der Waals surface area contributed by atoms with Gasteiger partial charge in [-0.25, -0.2) is 4.79 Å². The third kappa shape index (κ3) is 2.93. The number of nitrogens with one attached hydrogen (secondary N) is 1. The van der Waals surface area contributed by atoms with Crippen molar-refractivity contribution >= 4 is 12.0 Å². The monoisotopic (exact) mass is 310 g/mol. The molecule has 3 fully saturated rings. The fourth-order valence-corrected chi connectivity index (χ4v) is 4.34. The van der Waals surface area contributed by atoms with E-state index < -0.39 is 11.4 Å². The minimum absolute atomic E-state index is 0.116. The summed E-state index contributed by atoms with van der Waals surface area (Å²) < 4.78 is 5.72. The molecule has 0 spiro atoms. The van der Waals surface area contributed by atoms with Crippen LogP contribution in [0.15, 0.2) is 0 Å². The average molecular weight is 310 g/mol. The summed E-state index contributed by atoms with van der Waals surface area (Å²) in [5.41, 5.74) is -0.697. The lowest BCUT2D eigenvalue weighted by molar-refractivity contribution is -0.149. The second kappa shape index (κ2) is 6.44. The SMILES string of the molecule is O=C(NCCOC1CCCC1)N1C[C@@H]2CCC[C@@]2(C(=O)O)C1. The zero-order valence-electron chi connectivity index (χ0n) is 13.1. The van der Waals surface area contributed by atoms with E-state index in [4.69, 9.17) is 4.74 Å². The van der Waals surface area contributed by atoms with Crippen molar-refractivity contribution in [3.05, 3.63) is 0 Å². The Balaban J connectivity index is 1.42. The van der Waals surface area contributed by atoms with Crippen molar-refractivity contribution in [3.63, 3.8) is 0 Å². The Hall–Kier alpha value is -1.30. The number of amides is 2. The van der Waals surface area contributed by atoms with Gasteiger partial charge in [-0.2, -0.15) is 0 Å². The van der Waals surface area contributed by atoms with Crippen LogP contribution in [0.5, 0.6) is 0 Å². The van der Waals surface area contributed by atoms with E-state index >= 15 is 0 Å². The number of carboxylic acids is 1. The van der Waals surface area contributed by atoms with Gasteiger partial charge in [-0.05, 0) is 31.6 Å². The van der Waals surface area contributed by atoms with Gasteiger partial charge in [0.25, 0.3) is 0 Å². The van der Waals surface area contributed by atoms with Crippen molar-refractivity contribution in [2.75, 3.05) is 26.2 Å². The zero-order valence-corrected chi connectivity index (χ0v) is 13.1. The first-order valence-electron chi connectivity index (χ1n) is 8.49. The first-order valence-corrected chi connectivity index (χ1v) is 8.49. The predicted octanol–water partition coefficient (Wildman–Crippen LogP) is 1.84. The maximum absolute atomic E-state index is 12.2. The molecule has 0 aromatic heterocycles. The molecule has 2 atom stereocenters. The van der Waals surface area contributed by atoms with Crippen LogP contribution in [-0.4, -0.2) is 54.4 Å². The zero-order chi connectivity index (χ0) is 15.6. The second-order valence-corrected chi connectivity index (χ2v) is 6.94. The quantitative estimate of drug-likeness (QED) is 0.760. The van der Waals surface area contributed by atoms with E-state index in [-0.39, 0.29) is 11.9 Å². The Morgan fingerprint density at radius 2 is 2.00 bits per heavy atom. The van der Waals surface area contributed by atoms with Gasteiger partial charge >= 0.3 is 12.0 Å². The Morgan fingerprint density at radius 1 is 1.23 bits per heavy atom. The molecule has 2 aliphatic carbocycles. The maximum Gasteiger partial charge on any atom is 0.317 e. The predicted molar refractivity (Wildman–Crippen MR) is 80.6 cm³/mol. The van der Waals surface area contributed by atoms with Crippen LogP contribution < -0.4 is 5.32 Å². The third-order valence-electron chi connectivity index (χ3n) is 5.62. The lowest BCUT2D eigenvalue weighted by Crippen LogP contribution is -2.42. The van der Waals surface area contributed by atoms with Gasteiger partial charge in [0.2, 0.25) is 0 Å². The molecular formula is C16H26N2O4. The van der Waals surface area contributed by atoms with E-state index in [1.54, 1.807) is 4.90 Å². The summed E-state index contributed by atoms with van der Waals surface area (Å²) in [7, 11) is 0. The van der Waals surface area contributed by atoms with Gasteiger partial charge in [0.15, 0.2) is 0 Å². The van der Waals surface area contributed by atoms with Crippen molar-refractivity contribution < 1.29 is 19.4 Å². The van der Waals surface area contributed by atoms with E-state index in [0.717, 1.165) is 25.7 Å². The minimum atomic E-state index is -0.741. The molecule has 22 heavy (non-hydrogen) atoms. The van der Waals surface area contributed by atoms with E-state index in [9.17, 15) is 14.7 Å². The standard InChI is InChI=1S/C16H26N2O4/c19-14(20)16-7-3-4-12(16)10-18(11-16)15(21)17-8-9-22-13-5-1-2-6-13/h12-13H,1-11H2,(H,17,21)(H,19,20)/t12-,16+/m0/s1. The highest BCUT2D eigenvalue weighted by Gasteiger charge is 2.55. The third-order valence-corrected chi connectivity index (χ3v) is 5.62. The summed E-state index contributed by atoms with van der Waals surface area (Å²) in [5, 5.41) is 12.4. The first kappa shape index (κ1) is 15.6. The number of urea groups is 1. The van der Waals surface area contributed by atoms with Crippen LogP contribution in [0.1, 0.15) is 44.9 Å². The van der Waals surface area contributed by atoms with Gasteiger partial charge in [0.1, 0.15) is 0 Å². The molecule has 2 amide bonds. The number of carbonyl (C=O) groups excluding carboxylic acids is 1. The largest absolute Gasteiger partial charge is 0.481 e. The molecule has 0 radical (unpaired) electrons. The van der Waals surface area contributed by atoms with E-state index in [1.807, 2.05) is 0 Å². The van der Waals surface area contributed by atoms with Crippen molar-refractivity contribution in [3.8, 4) is 0 Å². The molecule has 2 saturated carbocycles. The van der Waals surface area contributed by atoms with Gasteiger partial charge in [-0.3, -0.25) is 4.79 Å². The summed E-state index contributed by atoms with van der Waals surface area (Å²) in [6, 6.07) is -0.148. The summed E-state index contributed by atoms with van der Waals surface area (Å²) in [5.74, 6) is -0.625. The Labute approximate surface area is 131 Å². The number of nitrogens with zero attached hydrogens (tertiary/aromatic N) is 1. The van der Waals surface area contributed by atoms with Gasteiger partial charge in [-0.1, -0.05) is 19.3 Å². The van der Waals surface area contributed by atoms with Gasteiger partial charge in [-0.15, -0.1) is 0 Å². The summed E-state index contributed by atoms with van der Waals surface area (Å²) in [4.78, 5) is 25.5. The highest BCUT2D eigenvalue weighted by atomic mass is 16.5. The molecule has 1 aliphatic heterocycles. The minimum Gasteiger partial charge on any atom is -0.481 e. The lowest BCUT2D eigenvalue weighted by Gasteiger charge is -2.23. The highest BCUT2D eigenvalue weighted by Crippen LogP contribution is 2.48. The molecule has 3 rings (SSSR count). The van der Waals surface area contributed by atoms with Crippen LogP contribution in [0, 0.1) is 11.3 Å². The van der Waals surface area contributed by atoms with Crippen molar-refractivity contribution in [2.45, 2.75) is 51.0 Å². The van der Waals surface area contributed by atoms with E-state index in [1.165, 1.54) is 12.8 Å². The number of likely N-dealkylation sites (tertiary alicyclic amines) is 1. The molecule has 0 aromatic carbocycles. The average Bonchev–Trinajstić information content (AvgIpc) is 3.17. The molecule has 0 bridgehead atoms. The van der Waals surface area contributed by atoms with Crippen LogP contribution in [0.2, 0.25) is 0 Å². The van der Waals surface area contributed by atoms with Crippen molar-refractivity contribution in [1.29, 1.82) is 0 Å². The second-order valence-electron chi connectivity index (χ2n) is 6.94. The Bertz CT molecular complexity index is 436. The highest BCUT2D eigenvalue weighted by molar-refractivity contribution is 5.80. The van der Waals surface area contributed by atoms with Gasteiger partial charge < -0.3 is 20.1 Å². The molecule has 124 valence electrons. The van der Waals surface area contributed by atoms with Crippen molar-refractivity contribution in [2.24, 2.45) is 11.3 Å². The number of rotatable bonds is 5.